The van der Waals surface area contributed by atoms with Crippen LogP contribution in [-0.4, -0.2) is 34.5 Å². The van der Waals surface area contributed by atoms with Crippen molar-refractivity contribution in [3.8, 4) is 34.0 Å². The Morgan fingerprint density at radius 3 is 2.27 bits per heavy atom. The number of benzene rings is 3. The molecule has 1 aliphatic heterocycles. The fourth-order valence-corrected chi connectivity index (χ4v) is 4.55. The van der Waals surface area contributed by atoms with Crippen LogP contribution in [0.15, 0.2) is 78.9 Å². The number of piperidine rings is 1. The standard InChI is InChI=1S/C28H30N4O/c1-21-30-31-28(25-13-11-24(12-14-25)23-7-3-2-4-8-23)32(21)26-9-5-6-10-27(26)33-20-17-22-15-18-29-19-16-22/h2-14,22,29H,15-20H2,1H3. The second kappa shape index (κ2) is 10.0. The van der Waals surface area contributed by atoms with Crippen LogP contribution < -0.4 is 10.1 Å². The van der Waals surface area contributed by atoms with Crippen molar-refractivity contribution in [2.75, 3.05) is 19.7 Å². The third-order valence-electron chi connectivity index (χ3n) is 6.42. The van der Waals surface area contributed by atoms with Gasteiger partial charge in [0.05, 0.1) is 12.3 Å². The second-order valence-electron chi connectivity index (χ2n) is 8.65. The Kier molecular flexibility index (Phi) is 6.49. The highest BCUT2D eigenvalue weighted by molar-refractivity contribution is 5.69. The van der Waals surface area contributed by atoms with Crippen molar-refractivity contribution in [3.63, 3.8) is 0 Å². The highest BCUT2D eigenvalue weighted by Crippen LogP contribution is 2.31. The number of nitrogens with zero attached hydrogens (tertiary/aromatic N) is 3. The highest BCUT2D eigenvalue weighted by atomic mass is 16.5. The first-order valence-corrected chi connectivity index (χ1v) is 11.8. The average molecular weight is 439 g/mol. The maximum absolute atomic E-state index is 6.29. The largest absolute Gasteiger partial charge is 0.491 e. The molecule has 5 heteroatoms. The zero-order chi connectivity index (χ0) is 22.5. The minimum Gasteiger partial charge on any atom is -0.491 e. The molecule has 0 atom stereocenters. The fourth-order valence-electron chi connectivity index (χ4n) is 4.55. The predicted octanol–water partition coefficient (Wildman–Crippen LogP) is 5.68. The second-order valence-corrected chi connectivity index (χ2v) is 8.65. The van der Waals surface area contributed by atoms with Crippen molar-refractivity contribution in [3.05, 3.63) is 84.7 Å². The molecule has 0 amide bonds. The number of hydrogen-bond donors (Lipinski definition) is 1. The van der Waals surface area contributed by atoms with E-state index in [1.165, 1.54) is 24.0 Å². The van der Waals surface area contributed by atoms with Gasteiger partial charge in [-0.1, -0.05) is 66.7 Å². The molecular weight excluding hydrogens is 408 g/mol. The van der Waals surface area contributed by atoms with E-state index in [9.17, 15) is 0 Å². The van der Waals surface area contributed by atoms with Crippen molar-refractivity contribution < 1.29 is 4.74 Å². The molecule has 1 saturated heterocycles. The SMILES string of the molecule is Cc1nnc(-c2ccc(-c3ccccc3)cc2)n1-c1ccccc1OCCC1CCNCC1. The lowest BCUT2D eigenvalue weighted by Gasteiger charge is -2.23. The van der Waals surface area contributed by atoms with Crippen molar-refractivity contribution in [2.24, 2.45) is 5.92 Å². The summed E-state index contributed by atoms with van der Waals surface area (Å²) in [4.78, 5) is 0. The molecule has 33 heavy (non-hydrogen) atoms. The van der Waals surface area contributed by atoms with Crippen LogP contribution in [0.1, 0.15) is 25.1 Å². The lowest BCUT2D eigenvalue weighted by atomic mass is 9.95. The molecule has 5 nitrogen and oxygen atoms in total. The Labute approximate surface area is 195 Å². The molecular formula is C28H30N4O. The number of aryl methyl sites for hydroxylation is 1. The Morgan fingerprint density at radius 2 is 1.48 bits per heavy atom. The Bertz CT molecular complexity index is 1180. The number of nitrogens with one attached hydrogen (secondary N) is 1. The van der Waals surface area contributed by atoms with Gasteiger partial charge in [0.25, 0.3) is 0 Å². The molecule has 1 aromatic heterocycles. The lowest BCUT2D eigenvalue weighted by molar-refractivity contribution is 0.251. The summed E-state index contributed by atoms with van der Waals surface area (Å²) < 4.78 is 8.38. The van der Waals surface area contributed by atoms with E-state index in [2.05, 4.69) is 74.7 Å². The first kappa shape index (κ1) is 21.4. The van der Waals surface area contributed by atoms with Gasteiger partial charge in [-0.15, -0.1) is 10.2 Å². The summed E-state index contributed by atoms with van der Waals surface area (Å²) in [5, 5.41) is 12.3. The predicted molar refractivity (Wildman–Crippen MR) is 133 cm³/mol. The summed E-state index contributed by atoms with van der Waals surface area (Å²) in [6.07, 6.45) is 3.56. The summed E-state index contributed by atoms with van der Waals surface area (Å²) in [5.74, 6) is 3.28. The monoisotopic (exact) mass is 438 g/mol. The van der Waals surface area contributed by atoms with Gasteiger partial charge < -0.3 is 10.1 Å². The molecule has 1 aliphatic rings. The molecule has 0 saturated carbocycles. The van der Waals surface area contributed by atoms with Gasteiger partial charge in [0.1, 0.15) is 11.6 Å². The molecule has 1 fully saturated rings. The number of ether oxygens (including phenoxy) is 1. The minimum atomic E-state index is 0.726. The highest BCUT2D eigenvalue weighted by Gasteiger charge is 2.17. The first-order valence-electron chi connectivity index (χ1n) is 11.8. The van der Waals surface area contributed by atoms with Gasteiger partial charge in [-0.25, -0.2) is 0 Å². The van der Waals surface area contributed by atoms with Crippen LogP contribution in [0.2, 0.25) is 0 Å². The summed E-state index contributed by atoms with van der Waals surface area (Å²) in [6.45, 7) is 4.95. The summed E-state index contributed by atoms with van der Waals surface area (Å²) in [7, 11) is 0. The van der Waals surface area contributed by atoms with Gasteiger partial charge in [-0.3, -0.25) is 4.57 Å². The molecule has 0 aliphatic carbocycles. The maximum atomic E-state index is 6.29. The molecule has 168 valence electrons. The van der Waals surface area contributed by atoms with Gasteiger partial charge in [0.2, 0.25) is 0 Å². The van der Waals surface area contributed by atoms with Crippen LogP contribution in [0.25, 0.3) is 28.2 Å². The van der Waals surface area contributed by atoms with Crippen LogP contribution in [0.3, 0.4) is 0 Å². The van der Waals surface area contributed by atoms with Gasteiger partial charge in [0.15, 0.2) is 5.82 Å². The molecule has 0 spiro atoms. The van der Waals surface area contributed by atoms with E-state index in [1.807, 2.05) is 31.2 Å². The van der Waals surface area contributed by atoms with Crippen LogP contribution >= 0.6 is 0 Å². The normalized spacial score (nSPS) is 14.3. The van der Waals surface area contributed by atoms with E-state index in [1.54, 1.807) is 0 Å². The average Bonchev–Trinajstić information content (AvgIpc) is 3.27. The van der Waals surface area contributed by atoms with E-state index in [0.717, 1.165) is 60.7 Å². The summed E-state index contributed by atoms with van der Waals surface area (Å²) in [6, 6.07) is 27.1. The number of rotatable bonds is 7. The van der Waals surface area contributed by atoms with Crippen molar-refractivity contribution in [2.45, 2.75) is 26.2 Å². The van der Waals surface area contributed by atoms with Gasteiger partial charge in [-0.2, -0.15) is 0 Å². The third-order valence-corrected chi connectivity index (χ3v) is 6.42. The van der Waals surface area contributed by atoms with Crippen molar-refractivity contribution >= 4 is 0 Å². The molecule has 0 unspecified atom stereocenters. The van der Waals surface area contributed by atoms with Crippen LogP contribution in [0, 0.1) is 12.8 Å². The zero-order valence-corrected chi connectivity index (χ0v) is 19.1. The lowest BCUT2D eigenvalue weighted by Crippen LogP contribution is -2.28. The van der Waals surface area contributed by atoms with Crippen LogP contribution in [0.5, 0.6) is 5.75 Å². The molecule has 1 N–H and O–H groups in total. The van der Waals surface area contributed by atoms with Gasteiger partial charge in [-0.05, 0) is 68.5 Å². The molecule has 0 radical (unpaired) electrons. The smallest absolute Gasteiger partial charge is 0.168 e. The molecule has 5 rings (SSSR count). The molecule has 0 bridgehead atoms. The topological polar surface area (TPSA) is 52.0 Å². The van der Waals surface area contributed by atoms with E-state index < -0.39 is 0 Å². The maximum Gasteiger partial charge on any atom is 0.168 e. The minimum absolute atomic E-state index is 0.726. The molecule has 4 aromatic rings. The summed E-state index contributed by atoms with van der Waals surface area (Å²) in [5.41, 5.74) is 4.39. The first-order chi connectivity index (χ1) is 16.3. The molecule has 3 aromatic carbocycles. The van der Waals surface area contributed by atoms with Crippen molar-refractivity contribution in [1.82, 2.24) is 20.1 Å². The van der Waals surface area contributed by atoms with E-state index in [0.29, 0.717) is 0 Å². The van der Waals surface area contributed by atoms with Crippen LogP contribution in [0.4, 0.5) is 0 Å². The number of aromatic nitrogens is 3. The van der Waals surface area contributed by atoms with E-state index in [4.69, 9.17) is 4.74 Å². The summed E-state index contributed by atoms with van der Waals surface area (Å²) >= 11 is 0. The molecule has 2 heterocycles. The van der Waals surface area contributed by atoms with Crippen molar-refractivity contribution in [1.29, 1.82) is 0 Å². The number of hydrogen-bond acceptors (Lipinski definition) is 4. The number of para-hydroxylation sites is 2. The van der Waals surface area contributed by atoms with E-state index in [-0.39, 0.29) is 0 Å². The van der Waals surface area contributed by atoms with Gasteiger partial charge in [0, 0.05) is 5.56 Å². The fraction of sp³-hybridized carbons (Fsp3) is 0.286. The Hall–Kier alpha value is -3.44. The van der Waals surface area contributed by atoms with Crippen LogP contribution in [-0.2, 0) is 0 Å². The Balaban J connectivity index is 1.39. The quantitative estimate of drug-likeness (QED) is 0.403. The van der Waals surface area contributed by atoms with Gasteiger partial charge >= 0.3 is 0 Å². The Morgan fingerprint density at radius 1 is 0.818 bits per heavy atom. The third kappa shape index (κ3) is 4.83. The van der Waals surface area contributed by atoms with E-state index >= 15 is 0 Å². The zero-order valence-electron chi connectivity index (χ0n) is 19.1.